The number of alkyl halides is 6. The van der Waals surface area contributed by atoms with Crippen molar-refractivity contribution in [3.63, 3.8) is 0 Å². The van der Waals surface area contributed by atoms with Gasteiger partial charge in [-0.15, -0.1) is 0 Å². The van der Waals surface area contributed by atoms with Crippen molar-refractivity contribution < 1.29 is 43.3 Å². The third kappa shape index (κ3) is 9.53. The molecule has 0 radical (unpaired) electrons. The third-order valence-corrected chi connectivity index (χ3v) is 12.5. The van der Waals surface area contributed by atoms with Gasteiger partial charge in [0.25, 0.3) is 0 Å². The van der Waals surface area contributed by atoms with E-state index in [1.165, 1.54) is 16.2 Å². The van der Waals surface area contributed by atoms with Gasteiger partial charge in [0, 0.05) is 5.69 Å². The van der Waals surface area contributed by atoms with Gasteiger partial charge in [0.15, 0.2) is 5.11 Å². The summed E-state index contributed by atoms with van der Waals surface area (Å²) in [4.78, 5) is 0. The summed E-state index contributed by atoms with van der Waals surface area (Å²) in [5, 5.41) is 8.27. The van der Waals surface area contributed by atoms with Crippen LogP contribution in [0.25, 0.3) is 0 Å². The normalized spacial score (nSPS) is 13.3. The van der Waals surface area contributed by atoms with E-state index in [1.54, 1.807) is 0 Å². The third-order valence-electron chi connectivity index (χ3n) is 7.80. The molecule has 0 aliphatic carbocycles. The highest BCUT2D eigenvalue weighted by Crippen LogP contribution is 2.60. The smallest absolute Gasteiger partial charge is 0.416 e. The molecular formula is C34H34BrF6N2PS. The van der Waals surface area contributed by atoms with Crippen LogP contribution < -0.4 is 38.2 Å². The van der Waals surface area contributed by atoms with Crippen LogP contribution in [0, 0.1) is 5.92 Å². The van der Waals surface area contributed by atoms with Crippen molar-refractivity contribution in [1.82, 2.24) is 5.32 Å². The van der Waals surface area contributed by atoms with Crippen LogP contribution in [0.4, 0.5) is 32.0 Å². The van der Waals surface area contributed by atoms with Crippen molar-refractivity contribution in [1.29, 1.82) is 0 Å². The summed E-state index contributed by atoms with van der Waals surface area (Å²) in [5.74, 6) is 0.0737. The minimum absolute atomic E-state index is 0. The summed E-state index contributed by atoms with van der Waals surface area (Å²) in [7, 11) is -2.19. The molecule has 4 aromatic rings. The van der Waals surface area contributed by atoms with E-state index < -0.39 is 30.7 Å². The van der Waals surface area contributed by atoms with E-state index in [1.807, 2.05) is 61.5 Å². The van der Waals surface area contributed by atoms with Gasteiger partial charge < -0.3 is 27.6 Å². The lowest BCUT2D eigenvalue weighted by atomic mass is 10.0. The molecule has 0 bridgehead atoms. The van der Waals surface area contributed by atoms with Gasteiger partial charge >= 0.3 is 12.4 Å². The maximum Gasteiger partial charge on any atom is 0.416 e. The predicted molar refractivity (Wildman–Crippen MR) is 173 cm³/mol. The second kappa shape index (κ2) is 15.6. The number of thiocarbonyl (C=S) groups is 1. The number of rotatable bonds is 10. The Labute approximate surface area is 276 Å². The van der Waals surface area contributed by atoms with Crippen molar-refractivity contribution in [2.24, 2.45) is 5.92 Å². The number of benzene rings is 4. The second-order valence-corrected chi connectivity index (χ2v) is 14.9. The van der Waals surface area contributed by atoms with E-state index in [4.69, 9.17) is 12.2 Å². The molecule has 0 heterocycles. The Balaban J connectivity index is 0.00000552. The van der Waals surface area contributed by atoms with Crippen LogP contribution in [0.5, 0.6) is 0 Å². The van der Waals surface area contributed by atoms with E-state index in [-0.39, 0.29) is 45.8 Å². The molecule has 0 unspecified atom stereocenters. The van der Waals surface area contributed by atoms with E-state index in [0.29, 0.717) is 18.3 Å². The molecule has 0 amide bonds. The quantitative estimate of drug-likeness (QED) is 0.114. The molecule has 45 heavy (non-hydrogen) atoms. The van der Waals surface area contributed by atoms with Crippen molar-refractivity contribution in [2.75, 3.05) is 11.5 Å². The Bertz CT molecular complexity index is 1450. The second-order valence-electron chi connectivity index (χ2n) is 10.9. The van der Waals surface area contributed by atoms with Gasteiger partial charge in [-0.2, -0.15) is 26.3 Å². The molecule has 240 valence electrons. The fraction of sp³-hybridized carbons (Fsp3) is 0.265. The Morgan fingerprint density at radius 3 is 1.60 bits per heavy atom. The molecule has 0 saturated heterocycles. The number of hydrogen-bond donors (Lipinski definition) is 2. The first-order valence-corrected chi connectivity index (χ1v) is 16.8. The zero-order chi connectivity index (χ0) is 32.0. The van der Waals surface area contributed by atoms with Gasteiger partial charge in [-0.3, -0.25) is 0 Å². The molecule has 0 aliphatic rings. The SMILES string of the molecule is CC[C@H](C)[C@@H](C[P+](Cc1ccccc1)(c1ccccc1)c1ccccc1)NC(=S)Nc1cc(C(F)(F)F)cc(C(F)(F)F)c1.[Br-]. The van der Waals surface area contributed by atoms with E-state index >= 15 is 0 Å². The molecule has 2 N–H and O–H groups in total. The van der Waals surface area contributed by atoms with E-state index in [0.717, 1.165) is 12.6 Å². The van der Waals surface area contributed by atoms with Crippen molar-refractivity contribution in [3.8, 4) is 0 Å². The molecule has 4 rings (SSSR count). The predicted octanol–water partition coefficient (Wildman–Crippen LogP) is 6.30. The van der Waals surface area contributed by atoms with E-state index in [9.17, 15) is 26.3 Å². The minimum Gasteiger partial charge on any atom is -1.00 e. The number of anilines is 1. The highest BCUT2D eigenvalue weighted by atomic mass is 79.9. The average Bonchev–Trinajstić information content (AvgIpc) is 3.00. The Morgan fingerprint density at radius 2 is 1.18 bits per heavy atom. The lowest BCUT2D eigenvalue weighted by Crippen LogP contribution is -3.00. The molecule has 4 aromatic carbocycles. The first-order valence-electron chi connectivity index (χ1n) is 14.2. The van der Waals surface area contributed by atoms with Gasteiger partial charge in [-0.05, 0) is 66.2 Å². The monoisotopic (exact) mass is 726 g/mol. The molecule has 11 heteroatoms. The fourth-order valence-corrected chi connectivity index (χ4v) is 10.2. The summed E-state index contributed by atoms with van der Waals surface area (Å²) in [6.45, 7) is 4.11. The summed E-state index contributed by atoms with van der Waals surface area (Å²) < 4.78 is 80.9. The van der Waals surface area contributed by atoms with Crippen molar-refractivity contribution >= 4 is 40.9 Å². The Hall–Kier alpha value is -2.94. The first-order chi connectivity index (χ1) is 20.8. The molecule has 0 saturated carbocycles. The van der Waals surface area contributed by atoms with Gasteiger partial charge in [-0.1, -0.05) is 87.0 Å². The number of hydrogen-bond acceptors (Lipinski definition) is 1. The van der Waals surface area contributed by atoms with E-state index in [2.05, 4.69) is 54.0 Å². The van der Waals surface area contributed by atoms with Crippen LogP contribution in [0.15, 0.2) is 109 Å². The van der Waals surface area contributed by atoms with Crippen LogP contribution in [0.2, 0.25) is 0 Å². The molecule has 2 atom stereocenters. The molecular weight excluding hydrogens is 693 g/mol. The van der Waals surface area contributed by atoms with Crippen molar-refractivity contribution in [2.45, 2.75) is 44.8 Å². The summed E-state index contributed by atoms with van der Waals surface area (Å²) in [6.07, 6.45) is -7.73. The molecule has 2 nitrogen and oxygen atoms in total. The average molecular weight is 728 g/mol. The van der Waals surface area contributed by atoms with Crippen LogP contribution in [-0.4, -0.2) is 17.3 Å². The Morgan fingerprint density at radius 1 is 0.733 bits per heavy atom. The highest BCUT2D eigenvalue weighted by Gasteiger charge is 2.46. The zero-order valence-corrected chi connectivity index (χ0v) is 28.0. The molecule has 0 fully saturated rings. The molecule has 0 spiro atoms. The topological polar surface area (TPSA) is 24.1 Å². The first kappa shape index (κ1) is 36.5. The zero-order valence-electron chi connectivity index (χ0n) is 24.7. The maximum atomic E-state index is 13.5. The highest BCUT2D eigenvalue weighted by molar-refractivity contribution is 7.88. The maximum absolute atomic E-state index is 13.5. The largest absolute Gasteiger partial charge is 1.00 e. The fourth-order valence-electron chi connectivity index (χ4n) is 5.28. The lowest BCUT2D eigenvalue weighted by molar-refractivity contribution is -0.143. The number of halogens is 7. The van der Waals surface area contributed by atoms with Gasteiger partial charge in [0.1, 0.15) is 0 Å². The van der Waals surface area contributed by atoms with Crippen molar-refractivity contribution in [3.05, 3.63) is 126 Å². The summed E-state index contributed by atoms with van der Waals surface area (Å²) in [5.41, 5.74) is -2.03. The summed E-state index contributed by atoms with van der Waals surface area (Å²) >= 11 is 5.53. The van der Waals surface area contributed by atoms with Gasteiger partial charge in [-0.25, -0.2) is 0 Å². The molecule has 0 aromatic heterocycles. The summed E-state index contributed by atoms with van der Waals surface area (Å²) in [6, 6.07) is 31.9. The number of nitrogens with one attached hydrogen (secondary N) is 2. The van der Waals surface area contributed by atoms with Crippen LogP contribution in [0.1, 0.15) is 37.0 Å². The van der Waals surface area contributed by atoms with Crippen LogP contribution >= 0.6 is 19.5 Å². The van der Waals surface area contributed by atoms with Gasteiger partial charge in [0.2, 0.25) is 0 Å². The standard InChI is InChI=1S/C34H33F6N2PS.BrH/c1-3-24(2)31(42-32(44)41-28-20-26(33(35,36)37)19-27(21-28)34(38,39)40)23-43(29-15-9-5-10-16-29,30-17-11-6-12-18-30)22-25-13-7-4-8-14-25;/h4-21,24,31H,3,22-23H2,1-2H3,(H-,41,42,44);1H/t24-,31+;/m0./s1. The minimum atomic E-state index is -4.96. The lowest BCUT2D eigenvalue weighted by Gasteiger charge is -2.34. The van der Waals surface area contributed by atoms with Crippen LogP contribution in [0.3, 0.4) is 0 Å². The van der Waals surface area contributed by atoms with Crippen LogP contribution in [-0.2, 0) is 18.5 Å². The Kier molecular flexibility index (Phi) is 12.6. The molecule has 0 aliphatic heterocycles. The van der Waals surface area contributed by atoms with Gasteiger partial charge in [0.05, 0.1) is 47.4 Å².